The maximum absolute atomic E-state index is 12.9. The average molecular weight is 494 g/mol. The Balaban J connectivity index is 1.75. The number of carboxylic acid groups (broad SMARTS) is 1. The number of aryl methyl sites for hydroxylation is 2. The summed E-state index contributed by atoms with van der Waals surface area (Å²) in [5.74, 6) is -0.0114. The van der Waals surface area contributed by atoms with Crippen molar-refractivity contribution in [3.8, 4) is 11.7 Å². The van der Waals surface area contributed by atoms with Crippen LogP contribution in [0.15, 0.2) is 30.7 Å². The van der Waals surface area contributed by atoms with Gasteiger partial charge < -0.3 is 9.84 Å². The Kier molecular flexibility index (Phi) is 8.52. The number of carboxylic acids is 1. The molecule has 0 fully saturated rings. The number of alkyl halides is 3. The Bertz CT molecular complexity index is 1120. The molecule has 0 bridgehead atoms. The molecular formula is C24H30F3N5O3. The van der Waals surface area contributed by atoms with Crippen LogP contribution in [0.2, 0.25) is 0 Å². The Morgan fingerprint density at radius 2 is 1.89 bits per heavy atom. The summed E-state index contributed by atoms with van der Waals surface area (Å²) < 4.78 is 47.4. The van der Waals surface area contributed by atoms with E-state index in [9.17, 15) is 18.0 Å². The fraction of sp³-hybridized carbons (Fsp3) is 0.500. The van der Waals surface area contributed by atoms with Gasteiger partial charge in [-0.05, 0) is 49.8 Å². The van der Waals surface area contributed by atoms with Crippen molar-refractivity contribution in [1.29, 1.82) is 0 Å². The molecular weight excluding hydrogens is 463 g/mol. The van der Waals surface area contributed by atoms with Crippen molar-refractivity contribution >= 4 is 5.97 Å². The van der Waals surface area contributed by atoms with Gasteiger partial charge in [0.2, 0.25) is 5.88 Å². The van der Waals surface area contributed by atoms with E-state index >= 15 is 0 Å². The molecule has 0 aliphatic heterocycles. The van der Waals surface area contributed by atoms with E-state index in [0.717, 1.165) is 41.9 Å². The van der Waals surface area contributed by atoms with E-state index in [1.54, 1.807) is 6.20 Å². The van der Waals surface area contributed by atoms with Crippen molar-refractivity contribution in [1.82, 2.24) is 24.5 Å². The van der Waals surface area contributed by atoms with E-state index in [1.165, 1.54) is 15.4 Å². The molecule has 0 aliphatic carbocycles. The van der Waals surface area contributed by atoms with Gasteiger partial charge in [-0.25, -0.2) is 14.3 Å². The predicted molar refractivity (Wildman–Crippen MR) is 123 cm³/mol. The van der Waals surface area contributed by atoms with Crippen LogP contribution in [0.25, 0.3) is 5.82 Å². The van der Waals surface area contributed by atoms with E-state index < -0.39 is 17.7 Å². The minimum Gasteiger partial charge on any atom is -0.480 e. The molecule has 11 heteroatoms. The molecule has 3 heterocycles. The van der Waals surface area contributed by atoms with Crippen LogP contribution in [0.4, 0.5) is 13.2 Å². The van der Waals surface area contributed by atoms with Crippen LogP contribution in [0.3, 0.4) is 0 Å². The standard InChI is InChI=1S/C24H30F3N5O3/c1-4-16(5-2)22-18(14-31(30-22)20-10-9-19(13-28-20)24(25,26)27)8-7-11-35-23-17(6-3)12-29-32(23)15-21(33)34/h9-10,12-14,16H,4-8,11,15H2,1-3H3,(H,33,34). The first-order chi connectivity index (χ1) is 16.7. The second-order valence-corrected chi connectivity index (χ2v) is 8.23. The molecule has 0 amide bonds. The van der Waals surface area contributed by atoms with Crippen LogP contribution in [0, 0.1) is 0 Å². The highest BCUT2D eigenvalue weighted by molar-refractivity contribution is 5.66. The third kappa shape index (κ3) is 6.40. The average Bonchev–Trinajstić information content (AvgIpc) is 3.41. The van der Waals surface area contributed by atoms with E-state index in [0.29, 0.717) is 37.6 Å². The van der Waals surface area contributed by atoms with E-state index in [2.05, 4.69) is 29.0 Å². The Morgan fingerprint density at radius 1 is 1.14 bits per heavy atom. The highest BCUT2D eigenvalue weighted by Crippen LogP contribution is 2.30. The lowest BCUT2D eigenvalue weighted by Crippen LogP contribution is -2.13. The fourth-order valence-corrected chi connectivity index (χ4v) is 3.94. The first-order valence-corrected chi connectivity index (χ1v) is 11.7. The van der Waals surface area contributed by atoms with Gasteiger partial charge in [-0.3, -0.25) is 4.79 Å². The van der Waals surface area contributed by atoms with Gasteiger partial charge in [-0.2, -0.15) is 23.4 Å². The van der Waals surface area contributed by atoms with Crippen LogP contribution in [0.1, 0.15) is 68.3 Å². The number of pyridine rings is 1. The number of hydrogen-bond donors (Lipinski definition) is 1. The number of hydrogen-bond acceptors (Lipinski definition) is 5. The first-order valence-electron chi connectivity index (χ1n) is 11.7. The highest BCUT2D eigenvalue weighted by Gasteiger charge is 2.30. The molecule has 0 aliphatic rings. The summed E-state index contributed by atoms with van der Waals surface area (Å²) in [6, 6.07) is 2.31. The van der Waals surface area contributed by atoms with Gasteiger partial charge >= 0.3 is 12.1 Å². The van der Waals surface area contributed by atoms with Crippen LogP contribution in [-0.4, -0.2) is 42.2 Å². The second kappa shape index (κ2) is 11.4. The topological polar surface area (TPSA) is 95.1 Å². The molecule has 0 unspecified atom stereocenters. The third-order valence-electron chi connectivity index (χ3n) is 5.86. The molecule has 0 spiro atoms. The van der Waals surface area contributed by atoms with Crippen LogP contribution >= 0.6 is 0 Å². The molecule has 3 aromatic heterocycles. The molecule has 0 atom stereocenters. The van der Waals surface area contributed by atoms with Gasteiger partial charge in [0.05, 0.1) is 24.1 Å². The summed E-state index contributed by atoms with van der Waals surface area (Å²) in [5.41, 5.74) is 1.92. The smallest absolute Gasteiger partial charge is 0.417 e. The molecule has 0 saturated heterocycles. The summed E-state index contributed by atoms with van der Waals surface area (Å²) in [5, 5.41) is 17.9. The first kappa shape index (κ1) is 26.2. The van der Waals surface area contributed by atoms with Crippen molar-refractivity contribution in [2.24, 2.45) is 0 Å². The summed E-state index contributed by atoms with van der Waals surface area (Å²) in [6.45, 7) is 6.17. The number of carbonyl (C=O) groups is 1. The number of aromatic nitrogens is 5. The maximum Gasteiger partial charge on any atom is 0.417 e. The predicted octanol–water partition coefficient (Wildman–Crippen LogP) is 5.04. The number of nitrogens with zero attached hydrogens (tertiary/aromatic N) is 5. The number of halogens is 3. The van der Waals surface area contributed by atoms with E-state index in [4.69, 9.17) is 9.84 Å². The van der Waals surface area contributed by atoms with Crippen molar-refractivity contribution < 1.29 is 27.8 Å². The van der Waals surface area contributed by atoms with E-state index in [1.807, 2.05) is 13.1 Å². The highest BCUT2D eigenvalue weighted by atomic mass is 19.4. The molecule has 8 nitrogen and oxygen atoms in total. The summed E-state index contributed by atoms with van der Waals surface area (Å²) in [4.78, 5) is 15.1. The van der Waals surface area contributed by atoms with Crippen LogP contribution < -0.4 is 4.74 Å². The zero-order valence-corrected chi connectivity index (χ0v) is 20.0. The third-order valence-corrected chi connectivity index (χ3v) is 5.86. The SMILES string of the molecule is CCc1cnn(CC(=O)O)c1OCCCc1cn(-c2ccc(C(F)(F)F)cn2)nc1C(CC)CC. The van der Waals surface area contributed by atoms with Gasteiger partial charge in [0, 0.05) is 23.9 Å². The monoisotopic (exact) mass is 493 g/mol. The van der Waals surface area contributed by atoms with Gasteiger partial charge in [0.1, 0.15) is 6.54 Å². The minimum atomic E-state index is -4.45. The van der Waals surface area contributed by atoms with Crippen LogP contribution in [-0.2, 0) is 30.4 Å². The summed E-state index contributed by atoms with van der Waals surface area (Å²) in [7, 11) is 0. The molecule has 0 radical (unpaired) electrons. The van der Waals surface area contributed by atoms with Crippen molar-refractivity contribution in [2.75, 3.05) is 6.61 Å². The zero-order chi connectivity index (χ0) is 25.6. The zero-order valence-electron chi connectivity index (χ0n) is 20.0. The van der Waals surface area contributed by atoms with Crippen LogP contribution in [0.5, 0.6) is 5.88 Å². The lowest BCUT2D eigenvalue weighted by Gasteiger charge is -2.12. The molecule has 3 rings (SSSR count). The van der Waals surface area contributed by atoms with Crippen molar-refractivity contribution in [2.45, 2.75) is 71.5 Å². The molecule has 35 heavy (non-hydrogen) atoms. The molecule has 3 aromatic rings. The minimum absolute atomic E-state index is 0.213. The van der Waals surface area contributed by atoms with E-state index in [-0.39, 0.29) is 12.5 Å². The fourth-order valence-electron chi connectivity index (χ4n) is 3.94. The van der Waals surface area contributed by atoms with Gasteiger partial charge in [0.25, 0.3) is 0 Å². The lowest BCUT2D eigenvalue weighted by molar-refractivity contribution is -0.138. The number of aliphatic carboxylic acids is 1. The Labute approximate surface area is 201 Å². The quantitative estimate of drug-likeness (QED) is 0.355. The van der Waals surface area contributed by atoms with Gasteiger partial charge in [-0.1, -0.05) is 20.8 Å². The second-order valence-electron chi connectivity index (χ2n) is 8.23. The van der Waals surface area contributed by atoms with Crippen molar-refractivity contribution in [3.63, 3.8) is 0 Å². The molecule has 190 valence electrons. The Hall–Kier alpha value is -3.37. The maximum atomic E-state index is 12.9. The lowest BCUT2D eigenvalue weighted by atomic mass is 9.95. The molecule has 1 N–H and O–H groups in total. The Morgan fingerprint density at radius 3 is 2.46 bits per heavy atom. The molecule has 0 aromatic carbocycles. The summed E-state index contributed by atoms with van der Waals surface area (Å²) in [6.07, 6.45) is 3.51. The molecule has 0 saturated carbocycles. The number of ether oxygens (including phenoxy) is 1. The normalized spacial score (nSPS) is 11.9. The van der Waals surface area contributed by atoms with Gasteiger partial charge in [-0.15, -0.1) is 0 Å². The number of rotatable bonds is 12. The summed E-state index contributed by atoms with van der Waals surface area (Å²) >= 11 is 0. The van der Waals surface area contributed by atoms with Gasteiger partial charge in [0.15, 0.2) is 5.82 Å². The van der Waals surface area contributed by atoms with Crippen molar-refractivity contribution in [3.05, 3.63) is 53.1 Å². The largest absolute Gasteiger partial charge is 0.480 e.